The van der Waals surface area contributed by atoms with Crippen molar-refractivity contribution in [3.63, 3.8) is 0 Å². The number of imidazole rings is 1. The summed E-state index contributed by atoms with van der Waals surface area (Å²) in [6.45, 7) is 3.18. The Hall–Kier alpha value is -3.68. The molecule has 8 heteroatoms. The lowest BCUT2D eigenvalue weighted by atomic mass is 10.2. The van der Waals surface area contributed by atoms with E-state index in [1.54, 1.807) is 23.1 Å². The van der Waals surface area contributed by atoms with Gasteiger partial charge in [0, 0.05) is 19.5 Å². The first-order valence-electron chi connectivity index (χ1n) is 10.1. The van der Waals surface area contributed by atoms with Gasteiger partial charge in [-0.05, 0) is 37.6 Å². The first-order valence-corrected chi connectivity index (χ1v) is 10.1. The zero-order chi connectivity index (χ0) is 20.9. The van der Waals surface area contributed by atoms with Crippen LogP contribution in [0.15, 0.2) is 53.3 Å². The molecule has 30 heavy (non-hydrogen) atoms. The van der Waals surface area contributed by atoms with Gasteiger partial charge in [-0.1, -0.05) is 24.3 Å². The van der Waals surface area contributed by atoms with Crippen LogP contribution < -0.4 is 10.9 Å². The lowest BCUT2D eigenvalue weighted by molar-refractivity contribution is 0.196. The number of urea groups is 1. The van der Waals surface area contributed by atoms with Gasteiger partial charge in [0.15, 0.2) is 0 Å². The molecule has 0 unspecified atom stereocenters. The fraction of sp³-hybridized carbons (Fsp3) is 0.273. The van der Waals surface area contributed by atoms with Crippen LogP contribution in [0.25, 0.3) is 21.9 Å². The minimum absolute atomic E-state index is 0.182. The summed E-state index contributed by atoms with van der Waals surface area (Å²) in [5.41, 5.74) is 2.40. The van der Waals surface area contributed by atoms with Crippen molar-refractivity contribution >= 4 is 28.0 Å². The van der Waals surface area contributed by atoms with E-state index in [0.717, 1.165) is 29.7 Å². The minimum Gasteiger partial charge on any atom is -0.342 e. The first-order chi connectivity index (χ1) is 14.6. The van der Waals surface area contributed by atoms with E-state index in [2.05, 4.69) is 25.3 Å². The van der Waals surface area contributed by atoms with Crippen LogP contribution in [0.3, 0.4) is 0 Å². The second kappa shape index (κ2) is 8.77. The molecule has 0 radical (unpaired) electrons. The van der Waals surface area contributed by atoms with E-state index in [1.165, 1.54) is 0 Å². The number of hydrogen-bond acceptors (Lipinski definition) is 4. The summed E-state index contributed by atoms with van der Waals surface area (Å²) in [5, 5.41) is 3.48. The minimum atomic E-state index is -0.196. The Labute approximate surface area is 173 Å². The van der Waals surface area contributed by atoms with Crippen LogP contribution in [0.2, 0.25) is 0 Å². The molecule has 0 saturated heterocycles. The molecule has 0 bridgehead atoms. The van der Waals surface area contributed by atoms with E-state index in [4.69, 9.17) is 0 Å². The number of amides is 2. The van der Waals surface area contributed by atoms with Crippen LogP contribution in [0, 0.1) is 0 Å². The van der Waals surface area contributed by atoms with Gasteiger partial charge in [0.05, 0.1) is 28.5 Å². The number of fused-ring (bicyclic) bond motifs is 2. The number of nitrogens with zero attached hydrogens (tertiary/aromatic N) is 3. The number of carbonyl (C=O) groups is 1. The average molecular weight is 404 g/mol. The summed E-state index contributed by atoms with van der Waals surface area (Å²) in [4.78, 5) is 41.5. The third-order valence-electron chi connectivity index (χ3n) is 4.98. The number of para-hydroxylation sites is 3. The van der Waals surface area contributed by atoms with Gasteiger partial charge in [-0.2, -0.15) is 0 Å². The molecule has 0 fully saturated rings. The van der Waals surface area contributed by atoms with Crippen LogP contribution >= 0.6 is 0 Å². The summed E-state index contributed by atoms with van der Waals surface area (Å²) < 4.78 is 0. The van der Waals surface area contributed by atoms with Crippen molar-refractivity contribution in [3.8, 4) is 0 Å². The average Bonchev–Trinajstić information content (AvgIpc) is 3.18. The summed E-state index contributed by atoms with van der Waals surface area (Å²) in [7, 11) is 0. The maximum atomic E-state index is 12.6. The second-order valence-corrected chi connectivity index (χ2v) is 7.08. The van der Waals surface area contributed by atoms with Crippen molar-refractivity contribution < 1.29 is 4.79 Å². The Morgan fingerprint density at radius 3 is 2.53 bits per heavy atom. The van der Waals surface area contributed by atoms with Gasteiger partial charge in [0.2, 0.25) is 0 Å². The van der Waals surface area contributed by atoms with Crippen LogP contribution in [-0.2, 0) is 13.0 Å². The van der Waals surface area contributed by atoms with Gasteiger partial charge >= 0.3 is 6.03 Å². The van der Waals surface area contributed by atoms with E-state index in [0.29, 0.717) is 29.8 Å². The number of aromatic nitrogens is 4. The Morgan fingerprint density at radius 1 is 1.00 bits per heavy atom. The van der Waals surface area contributed by atoms with Crippen molar-refractivity contribution in [3.05, 3.63) is 70.5 Å². The normalized spacial score (nSPS) is 11.1. The molecule has 0 aliphatic rings. The number of rotatable bonds is 7. The van der Waals surface area contributed by atoms with Crippen molar-refractivity contribution in [2.45, 2.75) is 26.3 Å². The highest BCUT2D eigenvalue weighted by atomic mass is 16.2. The third kappa shape index (κ3) is 4.32. The lowest BCUT2D eigenvalue weighted by Gasteiger charge is -2.21. The lowest BCUT2D eigenvalue weighted by Crippen LogP contribution is -2.40. The fourth-order valence-corrected chi connectivity index (χ4v) is 3.40. The molecule has 2 amide bonds. The Balaban J connectivity index is 1.32. The smallest absolute Gasteiger partial charge is 0.317 e. The van der Waals surface area contributed by atoms with Gasteiger partial charge in [0.1, 0.15) is 11.6 Å². The van der Waals surface area contributed by atoms with Crippen LogP contribution in [-0.4, -0.2) is 44.0 Å². The fourth-order valence-electron chi connectivity index (χ4n) is 3.40. The summed E-state index contributed by atoms with van der Waals surface area (Å²) in [6, 6.07) is 14.9. The number of aryl methyl sites for hydroxylation is 1. The largest absolute Gasteiger partial charge is 0.342 e. The number of H-pyrrole nitrogens is 2. The summed E-state index contributed by atoms with van der Waals surface area (Å²) >= 11 is 0. The highest BCUT2D eigenvalue weighted by Gasteiger charge is 2.14. The van der Waals surface area contributed by atoms with E-state index < -0.39 is 0 Å². The molecule has 0 aliphatic carbocycles. The zero-order valence-electron chi connectivity index (χ0n) is 16.8. The van der Waals surface area contributed by atoms with Gasteiger partial charge in [-0.15, -0.1) is 0 Å². The van der Waals surface area contributed by atoms with Crippen LogP contribution in [0.1, 0.15) is 25.0 Å². The number of aromatic amines is 2. The monoisotopic (exact) mass is 404 g/mol. The van der Waals surface area contributed by atoms with E-state index in [1.807, 2.05) is 37.3 Å². The standard InChI is InChI=1S/C22H24N6O2/c1-2-28(14-20-24-16-9-4-3-8-15(16)21(29)27-20)22(30)23-13-7-12-19-25-17-10-5-6-11-18(17)26-19/h3-6,8-11H,2,7,12-14H2,1H3,(H,23,30)(H,25,26)(H,24,27,29). The molecule has 4 rings (SSSR count). The Morgan fingerprint density at radius 2 is 1.73 bits per heavy atom. The van der Waals surface area contributed by atoms with Gasteiger partial charge in [0.25, 0.3) is 5.56 Å². The maximum absolute atomic E-state index is 12.6. The van der Waals surface area contributed by atoms with Gasteiger partial charge < -0.3 is 20.2 Å². The summed E-state index contributed by atoms with van der Waals surface area (Å²) in [6.07, 6.45) is 1.52. The molecule has 0 spiro atoms. The van der Waals surface area contributed by atoms with Crippen LogP contribution in [0.4, 0.5) is 4.79 Å². The molecule has 4 aromatic rings. The van der Waals surface area contributed by atoms with E-state index in [9.17, 15) is 9.59 Å². The molecule has 0 aliphatic heterocycles. The number of nitrogens with one attached hydrogen (secondary N) is 3. The molecular formula is C22H24N6O2. The SMILES string of the molecule is CCN(Cc1nc2ccccc2c(=O)[nH]1)C(=O)NCCCc1nc2ccccc2[nH]1. The third-order valence-corrected chi connectivity index (χ3v) is 4.98. The molecule has 0 saturated carbocycles. The zero-order valence-corrected chi connectivity index (χ0v) is 16.8. The molecule has 3 N–H and O–H groups in total. The number of carbonyl (C=O) groups excluding carboxylic acids is 1. The molecular weight excluding hydrogens is 380 g/mol. The second-order valence-electron chi connectivity index (χ2n) is 7.08. The predicted molar refractivity (Wildman–Crippen MR) is 116 cm³/mol. The highest BCUT2D eigenvalue weighted by Crippen LogP contribution is 2.11. The molecule has 2 aromatic heterocycles. The molecule has 8 nitrogen and oxygen atoms in total. The van der Waals surface area contributed by atoms with Crippen molar-refractivity contribution in [1.29, 1.82) is 0 Å². The molecule has 0 atom stereocenters. The van der Waals surface area contributed by atoms with Gasteiger partial charge in [-0.25, -0.2) is 14.8 Å². The highest BCUT2D eigenvalue weighted by molar-refractivity contribution is 5.77. The van der Waals surface area contributed by atoms with E-state index >= 15 is 0 Å². The van der Waals surface area contributed by atoms with Crippen LogP contribution in [0.5, 0.6) is 0 Å². The Bertz CT molecular complexity index is 1200. The topological polar surface area (TPSA) is 107 Å². The van der Waals surface area contributed by atoms with Gasteiger partial charge in [-0.3, -0.25) is 4.79 Å². The maximum Gasteiger partial charge on any atom is 0.317 e. The molecule has 2 aromatic carbocycles. The first kappa shape index (κ1) is 19.6. The van der Waals surface area contributed by atoms with Crippen molar-refractivity contribution in [1.82, 2.24) is 30.2 Å². The predicted octanol–water partition coefficient (Wildman–Crippen LogP) is 2.96. The molecule has 154 valence electrons. The number of benzene rings is 2. The van der Waals surface area contributed by atoms with Crippen molar-refractivity contribution in [2.24, 2.45) is 0 Å². The Kier molecular flexibility index (Phi) is 5.74. The van der Waals surface area contributed by atoms with E-state index in [-0.39, 0.29) is 18.1 Å². The number of hydrogen-bond donors (Lipinski definition) is 3. The quantitative estimate of drug-likeness (QED) is 0.412. The molecule has 2 heterocycles. The summed E-state index contributed by atoms with van der Waals surface area (Å²) in [5.74, 6) is 1.38. The van der Waals surface area contributed by atoms with Crippen molar-refractivity contribution in [2.75, 3.05) is 13.1 Å².